The van der Waals surface area contributed by atoms with Crippen molar-refractivity contribution in [3.63, 3.8) is 0 Å². The molecule has 160 valence electrons. The summed E-state index contributed by atoms with van der Waals surface area (Å²) in [5.74, 6) is 1.53. The number of H-pyrrole nitrogens is 1. The van der Waals surface area contributed by atoms with Crippen molar-refractivity contribution in [1.29, 1.82) is 0 Å². The Bertz CT molecular complexity index is 1180. The Morgan fingerprint density at radius 2 is 2.00 bits per heavy atom. The van der Waals surface area contributed by atoms with Crippen LogP contribution in [0.2, 0.25) is 0 Å². The zero-order chi connectivity index (χ0) is 21.8. The normalized spacial score (nSPS) is 11.2. The van der Waals surface area contributed by atoms with E-state index >= 15 is 0 Å². The smallest absolute Gasteiger partial charge is 0.236 e. The van der Waals surface area contributed by atoms with Gasteiger partial charge in [0.15, 0.2) is 10.3 Å². The van der Waals surface area contributed by atoms with Crippen LogP contribution in [0, 0.1) is 5.92 Å². The molecule has 2 aromatic heterocycles. The quantitative estimate of drug-likeness (QED) is 0.339. The molecule has 4 aromatic rings. The number of carbonyl (C=O) groups excluding carboxylic acids is 1. The van der Waals surface area contributed by atoms with Gasteiger partial charge in [-0.2, -0.15) is 0 Å². The molecule has 0 aliphatic rings. The number of hydrogen-bond acceptors (Lipinski definition) is 6. The van der Waals surface area contributed by atoms with Crippen molar-refractivity contribution in [1.82, 2.24) is 15.0 Å². The van der Waals surface area contributed by atoms with Gasteiger partial charge >= 0.3 is 0 Å². The van der Waals surface area contributed by atoms with E-state index in [1.807, 2.05) is 23.6 Å². The summed E-state index contributed by atoms with van der Waals surface area (Å²) in [5.41, 5.74) is 4.97. The number of ether oxygens (including phenoxy) is 1. The number of carbonyl (C=O) groups is 1. The second kappa shape index (κ2) is 9.53. The number of methoxy groups -OCH3 is 1. The summed E-state index contributed by atoms with van der Waals surface area (Å²) in [5, 5.41) is 6.14. The van der Waals surface area contributed by atoms with Crippen LogP contribution in [0.3, 0.4) is 0 Å². The number of nitrogens with one attached hydrogen (secondary N) is 2. The van der Waals surface area contributed by atoms with Gasteiger partial charge in [-0.3, -0.25) is 4.79 Å². The first-order chi connectivity index (χ1) is 15.0. The molecule has 1 amide bonds. The van der Waals surface area contributed by atoms with Crippen molar-refractivity contribution < 1.29 is 9.53 Å². The van der Waals surface area contributed by atoms with E-state index in [1.165, 1.54) is 28.7 Å². The average Bonchev–Trinajstić information content (AvgIpc) is 3.38. The van der Waals surface area contributed by atoms with Crippen molar-refractivity contribution in [3.05, 3.63) is 53.4 Å². The van der Waals surface area contributed by atoms with E-state index in [1.54, 1.807) is 7.11 Å². The number of hydrogen-bond donors (Lipinski definition) is 2. The number of nitrogens with zero attached hydrogens (tertiary/aromatic N) is 2. The van der Waals surface area contributed by atoms with Crippen LogP contribution >= 0.6 is 23.1 Å². The highest BCUT2D eigenvalue weighted by Crippen LogP contribution is 2.27. The van der Waals surface area contributed by atoms with E-state index in [-0.39, 0.29) is 11.7 Å². The molecule has 0 aliphatic heterocycles. The lowest BCUT2D eigenvalue weighted by molar-refractivity contribution is -0.113. The minimum atomic E-state index is -0.115. The first-order valence-corrected chi connectivity index (χ1v) is 11.9. The number of aromatic nitrogens is 3. The Morgan fingerprint density at radius 3 is 2.74 bits per heavy atom. The van der Waals surface area contributed by atoms with Gasteiger partial charge in [-0.25, -0.2) is 9.97 Å². The summed E-state index contributed by atoms with van der Waals surface area (Å²) >= 11 is 2.78. The van der Waals surface area contributed by atoms with E-state index in [2.05, 4.69) is 58.4 Å². The van der Waals surface area contributed by atoms with Crippen LogP contribution < -0.4 is 10.1 Å². The highest BCUT2D eigenvalue weighted by Gasteiger charge is 2.11. The van der Waals surface area contributed by atoms with Gasteiger partial charge in [0.2, 0.25) is 5.91 Å². The summed E-state index contributed by atoms with van der Waals surface area (Å²) in [7, 11) is 1.63. The third-order valence-corrected chi connectivity index (χ3v) is 6.28. The van der Waals surface area contributed by atoms with Crippen molar-refractivity contribution in [3.8, 4) is 17.0 Å². The van der Waals surface area contributed by atoms with Crippen LogP contribution in [0.25, 0.3) is 22.3 Å². The van der Waals surface area contributed by atoms with Crippen LogP contribution in [0.15, 0.2) is 53.0 Å². The fraction of sp³-hybridized carbons (Fsp3) is 0.261. The molecule has 31 heavy (non-hydrogen) atoms. The maximum atomic E-state index is 12.4. The maximum absolute atomic E-state index is 12.4. The topological polar surface area (TPSA) is 79.9 Å². The van der Waals surface area contributed by atoms with Gasteiger partial charge in [0, 0.05) is 17.0 Å². The number of aromatic amines is 1. The summed E-state index contributed by atoms with van der Waals surface area (Å²) in [4.78, 5) is 24.6. The van der Waals surface area contributed by atoms with Crippen LogP contribution in [0.4, 0.5) is 5.13 Å². The highest BCUT2D eigenvalue weighted by atomic mass is 32.2. The molecule has 2 heterocycles. The van der Waals surface area contributed by atoms with Crippen molar-refractivity contribution in [2.24, 2.45) is 5.92 Å². The minimum Gasteiger partial charge on any atom is -0.497 e. The number of fused-ring (bicyclic) bond motifs is 1. The summed E-state index contributed by atoms with van der Waals surface area (Å²) in [6.45, 7) is 4.43. The van der Waals surface area contributed by atoms with Crippen molar-refractivity contribution >= 4 is 45.2 Å². The van der Waals surface area contributed by atoms with Crippen molar-refractivity contribution in [2.45, 2.75) is 25.4 Å². The predicted octanol–water partition coefficient (Wildman–Crippen LogP) is 5.62. The fourth-order valence-corrected chi connectivity index (χ4v) is 4.62. The molecule has 0 saturated carbocycles. The molecule has 2 N–H and O–H groups in total. The molecular formula is C23H24N4O2S2. The van der Waals surface area contributed by atoms with E-state index in [0.717, 1.165) is 34.5 Å². The number of imidazole rings is 1. The van der Waals surface area contributed by atoms with E-state index in [4.69, 9.17) is 4.74 Å². The largest absolute Gasteiger partial charge is 0.497 e. The van der Waals surface area contributed by atoms with Gasteiger partial charge in [0.1, 0.15) is 5.75 Å². The van der Waals surface area contributed by atoms with Crippen LogP contribution in [0.1, 0.15) is 19.4 Å². The van der Waals surface area contributed by atoms with Crippen LogP contribution in [0.5, 0.6) is 5.75 Å². The molecule has 0 atom stereocenters. The van der Waals surface area contributed by atoms with Gasteiger partial charge in [0.05, 0.1) is 29.6 Å². The summed E-state index contributed by atoms with van der Waals surface area (Å²) < 4.78 is 5.23. The Kier molecular flexibility index (Phi) is 6.58. The Balaban J connectivity index is 1.33. The predicted molar refractivity (Wildman–Crippen MR) is 128 cm³/mol. The number of thiazole rings is 1. The standard InChI is InChI=1S/C23H24N4O2S2/c1-14(2)10-15-4-6-16(7-5-15)20-12-30-23(26-20)27-21(28)13-31-22-24-18-9-8-17(29-3)11-19(18)25-22/h4-9,11-12,14H,10,13H2,1-3H3,(H,24,25)(H,26,27,28). The summed E-state index contributed by atoms with van der Waals surface area (Å²) in [6.07, 6.45) is 1.06. The number of amides is 1. The molecule has 0 fully saturated rings. The molecule has 0 radical (unpaired) electrons. The highest BCUT2D eigenvalue weighted by molar-refractivity contribution is 7.99. The second-order valence-corrected chi connectivity index (χ2v) is 9.42. The Hall–Kier alpha value is -2.84. The molecule has 0 unspecified atom stereocenters. The number of rotatable bonds is 8. The molecule has 0 aliphatic carbocycles. The zero-order valence-electron chi connectivity index (χ0n) is 17.6. The average molecular weight is 453 g/mol. The Labute approximate surface area is 189 Å². The summed E-state index contributed by atoms with van der Waals surface area (Å²) in [6, 6.07) is 14.1. The van der Waals surface area contributed by atoms with Crippen molar-refractivity contribution in [2.75, 3.05) is 18.2 Å². The van der Waals surface area contributed by atoms with Crippen LogP contribution in [-0.4, -0.2) is 33.7 Å². The molecule has 2 aromatic carbocycles. The maximum Gasteiger partial charge on any atom is 0.236 e. The Morgan fingerprint density at radius 1 is 1.19 bits per heavy atom. The molecule has 8 heteroatoms. The third kappa shape index (κ3) is 5.45. The molecular weight excluding hydrogens is 428 g/mol. The third-order valence-electron chi connectivity index (χ3n) is 4.65. The zero-order valence-corrected chi connectivity index (χ0v) is 19.3. The molecule has 6 nitrogen and oxygen atoms in total. The minimum absolute atomic E-state index is 0.115. The van der Waals surface area contributed by atoms with E-state index < -0.39 is 0 Å². The number of benzene rings is 2. The first-order valence-electron chi connectivity index (χ1n) is 10.0. The fourth-order valence-electron chi connectivity index (χ4n) is 3.20. The number of thioether (sulfide) groups is 1. The van der Waals surface area contributed by atoms with Gasteiger partial charge < -0.3 is 15.0 Å². The van der Waals surface area contributed by atoms with E-state index in [0.29, 0.717) is 16.2 Å². The second-order valence-electron chi connectivity index (χ2n) is 7.59. The molecule has 4 rings (SSSR count). The lowest BCUT2D eigenvalue weighted by Crippen LogP contribution is -2.13. The molecule has 0 saturated heterocycles. The SMILES string of the molecule is COc1ccc2nc(SCC(=O)Nc3nc(-c4ccc(CC(C)C)cc4)cs3)[nH]c2c1. The lowest BCUT2D eigenvalue weighted by Gasteiger charge is -2.05. The molecule has 0 bridgehead atoms. The lowest BCUT2D eigenvalue weighted by atomic mass is 10.0. The van der Waals surface area contributed by atoms with Gasteiger partial charge in [0.25, 0.3) is 0 Å². The first kappa shape index (κ1) is 21.4. The van der Waals surface area contributed by atoms with E-state index in [9.17, 15) is 4.79 Å². The van der Waals surface area contributed by atoms with Gasteiger partial charge in [-0.15, -0.1) is 11.3 Å². The van der Waals surface area contributed by atoms with Gasteiger partial charge in [-0.05, 0) is 30.0 Å². The molecule has 0 spiro atoms. The van der Waals surface area contributed by atoms with Gasteiger partial charge in [-0.1, -0.05) is 49.9 Å². The number of anilines is 1. The van der Waals surface area contributed by atoms with Crippen LogP contribution in [-0.2, 0) is 11.2 Å². The monoisotopic (exact) mass is 452 g/mol.